The zero-order chi connectivity index (χ0) is 10.7. The highest BCUT2D eigenvalue weighted by atomic mass is 15.1. The molecule has 2 rings (SSSR count). The molecular weight excluding hydrogens is 186 g/mol. The van der Waals surface area contributed by atoms with Crippen LogP contribution in [0.25, 0.3) is 11.0 Å². The lowest BCUT2D eigenvalue weighted by molar-refractivity contribution is 0.599. The van der Waals surface area contributed by atoms with Crippen molar-refractivity contribution < 1.29 is 0 Å². The highest BCUT2D eigenvalue weighted by Gasteiger charge is 2.12. The van der Waals surface area contributed by atoms with E-state index in [-0.39, 0.29) is 0 Å². The van der Waals surface area contributed by atoms with Gasteiger partial charge in [-0.25, -0.2) is 4.98 Å². The Hall–Kier alpha value is -1.38. The lowest BCUT2D eigenvalue weighted by Gasteiger charge is -2.14. The Kier molecular flexibility index (Phi) is 2.99. The highest BCUT2D eigenvalue weighted by molar-refractivity contribution is 5.78. The molecule has 80 valence electrons. The number of hydrogen-bond donors (Lipinski definition) is 1. The van der Waals surface area contributed by atoms with E-state index in [2.05, 4.69) is 35.1 Å². The van der Waals surface area contributed by atoms with Crippen molar-refractivity contribution in [3.63, 3.8) is 0 Å². The monoisotopic (exact) mass is 203 g/mol. The number of nitrogens with one attached hydrogen (secondary N) is 1. The second-order valence-electron chi connectivity index (χ2n) is 3.92. The maximum Gasteiger partial charge on any atom is 0.181 e. The molecule has 0 bridgehead atoms. The Bertz CT molecular complexity index is 433. The number of pyridine rings is 1. The molecule has 2 aromatic rings. The second-order valence-corrected chi connectivity index (χ2v) is 3.92. The molecule has 0 spiro atoms. The average Bonchev–Trinajstić information content (AvgIpc) is 2.73. The Balaban J connectivity index is 2.44. The van der Waals surface area contributed by atoms with Crippen LogP contribution in [0.1, 0.15) is 44.6 Å². The van der Waals surface area contributed by atoms with Crippen molar-refractivity contribution in [1.82, 2.24) is 15.2 Å². The van der Waals surface area contributed by atoms with Crippen LogP contribution in [0.2, 0.25) is 0 Å². The summed E-state index contributed by atoms with van der Waals surface area (Å²) < 4.78 is 0. The topological polar surface area (TPSA) is 41.6 Å². The minimum absolute atomic E-state index is 0.637. The molecule has 2 aromatic heterocycles. The van der Waals surface area contributed by atoms with Crippen LogP contribution >= 0.6 is 0 Å². The number of aromatic amines is 1. The summed E-state index contributed by atoms with van der Waals surface area (Å²) in [5, 5.41) is 8.19. The number of fused-ring (bicyclic) bond motifs is 1. The van der Waals surface area contributed by atoms with Crippen LogP contribution in [-0.4, -0.2) is 15.2 Å². The van der Waals surface area contributed by atoms with E-state index >= 15 is 0 Å². The summed E-state index contributed by atoms with van der Waals surface area (Å²) in [6, 6.07) is 2.13. The van der Waals surface area contributed by atoms with Crippen molar-refractivity contribution in [3.8, 4) is 0 Å². The van der Waals surface area contributed by atoms with Crippen LogP contribution in [0, 0.1) is 0 Å². The summed E-state index contributed by atoms with van der Waals surface area (Å²) in [6.07, 6.45) is 7.45. The molecule has 3 nitrogen and oxygen atoms in total. The van der Waals surface area contributed by atoms with Crippen LogP contribution in [0.5, 0.6) is 0 Å². The van der Waals surface area contributed by atoms with Crippen LogP contribution in [0.4, 0.5) is 0 Å². The van der Waals surface area contributed by atoms with E-state index in [9.17, 15) is 0 Å². The summed E-state index contributed by atoms with van der Waals surface area (Å²) >= 11 is 0. The fraction of sp³-hybridized carbons (Fsp3) is 0.500. The van der Waals surface area contributed by atoms with Gasteiger partial charge < -0.3 is 0 Å². The summed E-state index contributed by atoms with van der Waals surface area (Å²) in [5.74, 6) is 0.637. The Morgan fingerprint density at radius 1 is 1.40 bits per heavy atom. The molecular formula is C12H17N3. The van der Waals surface area contributed by atoms with Gasteiger partial charge >= 0.3 is 0 Å². The predicted octanol–water partition coefficient (Wildman–Crippen LogP) is 3.25. The van der Waals surface area contributed by atoms with Gasteiger partial charge in [0.2, 0.25) is 0 Å². The summed E-state index contributed by atoms with van der Waals surface area (Å²) in [5.41, 5.74) is 2.22. The van der Waals surface area contributed by atoms with Crippen molar-refractivity contribution in [2.45, 2.75) is 39.0 Å². The van der Waals surface area contributed by atoms with E-state index in [1.54, 1.807) is 0 Å². The molecule has 3 heteroatoms. The van der Waals surface area contributed by atoms with Gasteiger partial charge in [-0.3, -0.25) is 5.10 Å². The normalized spacial score (nSPS) is 13.2. The van der Waals surface area contributed by atoms with Crippen molar-refractivity contribution in [2.75, 3.05) is 0 Å². The molecule has 2 heterocycles. The molecule has 15 heavy (non-hydrogen) atoms. The first-order valence-corrected chi connectivity index (χ1v) is 5.65. The van der Waals surface area contributed by atoms with Gasteiger partial charge in [-0.15, -0.1) is 0 Å². The van der Waals surface area contributed by atoms with Gasteiger partial charge in [0, 0.05) is 17.8 Å². The first-order valence-electron chi connectivity index (χ1n) is 5.65. The predicted molar refractivity (Wildman–Crippen MR) is 61.8 cm³/mol. The van der Waals surface area contributed by atoms with Crippen LogP contribution in [0.15, 0.2) is 18.5 Å². The maximum atomic E-state index is 4.24. The van der Waals surface area contributed by atoms with Crippen molar-refractivity contribution in [1.29, 1.82) is 0 Å². The molecule has 1 N–H and O–H groups in total. The molecule has 0 aliphatic carbocycles. The Morgan fingerprint density at radius 3 is 3.00 bits per heavy atom. The van der Waals surface area contributed by atoms with E-state index < -0.39 is 0 Å². The third-order valence-corrected chi connectivity index (χ3v) is 2.95. The molecule has 0 aliphatic heterocycles. The van der Waals surface area contributed by atoms with Gasteiger partial charge in [-0.1, -0.05) is 20.3 Å². The van der Waals surface area contributed by atoms with E-state index in [0.717, 1.165) is 5.65 Å². The maximum absolute atomic E-state index is 4.24. The van der Waals surface area contributed by atoms with Gasteiger partial charge in [0.15, 0.2) is 5.65 Å². The number of nitrogens with zero attached hydrogens (tertiary/aromatic N) is 2. The lowest BCUT2D eigenvalue weighted by atomic mass is 9.91. The average molecular weight is 203 g/mol. The van der Waals surface area contributed by atoms with E-state index in [4.69, 9.17) is 0 Å². The zero-order valence-electron chi connectivity index (χ0n) is 9.33. The molecule has 1 atom stereocenters. The number of rotatable bonds is 4. The van der Waals surface area contributed by atoms with Gasteiger partial charge in [0.1, 0.15) is 0 Å². The van der Waals surface area contributed by atoms with Gasteiger partial charge in [0.25, 0.3) is 0 Å². The molecule has 0 saturated carbocycles. The fourth-order valence-electron chi connectivity index (χ4n) is 2.16. The molecule has 0 aliphatic rings. The van der Waals surface area contributed by atoms with Crippen molar-refractivity contribution in [3.05, 3.63) is 24.0 Å². The summed E-state index contributed by atoms with van der Waals surface area (Å²) in [6.45, 7) is 4.48. The molecule has 0 saturated heterocycles. The number of aromatic nitrogens is 3. The number of hydrogen-bond acceptors (Lipinski definition) is 2. The van der Waals surface area contributed by atoms with Gasteiger partial charge in [0.05, 0.1) is 0 Å². The first-order chi connectivity index (χ1) is 7.36. The minimum Gasteiger partial charge on any atom is -0.283 e. The third kappa shape index (κ3) is 1.87. The number of H-pyrrole nitrogens is 1. The van der Waals surface area contributed by atoms with E-state index in [1.807, 2.05) is 12.4 Å². The van der Waals surface area contributed by atoms with Gasteiger partial charge in [-0.05, 0) is 30.4 Å². The fourth-order valence-corrected chi connectivity index (χ4v) is 2.16. The summed E-state index contributed by atoms with van der Waals surface area (Å²) in [7, 11) is 0. The van der Waals surface area contributed by atoms with E-state index in [0.29, 0.717) is 5.92 Å². The highest BCUT2D eigenvalue weighted by Crippen LogP contribution is 2.29. The second kappa shape index (κ2) is 4.43. The summed E-state index contributed by atoms with van der Waals surface area (Å²) in [4.78, 5) is 4.24. The first kappa shape index (κ1) is 10.1. The van der Waals surface area contributed by atoms with E-state index in [1.165, 1.54) is 30.2 Å². The van der Waals surface area contributed by atoms with Crippen molar-refractivity contribution in [2.24, 2.45) is 0 Å². The smallest absolute Gasteiger partial charge is 0.181 e. The van der Waals surface area contributed by atoms with Crippen molar-refractivity contribution >= 4 is 11.0 Å². The van der Waals surface area contributed by atoms with Crippen LogP contribution < -0.4 is 0 Å². The largest absolute Gasteiger partial charge is 0.283 e. The quantitative estimate of drug-likeness (QED) is 0.828. The Labute approximate surface area is 89.9 Å². The minimum atomic E-state index is 0.637. The SMILES string of the molecule is CCCC(CC)c1ccnc2n[nH]cc12. The zero-order valence-corrected chi connectivity index (χ0v) is 9.33. The standard InChI is InChI=1S/C12H17N3/c1-3-5-9(4-2)10-6-7-13-12-11(10)8-14-15-12/h6-9H,3-5H2,1-2H3,(H,13,14,15). The molecule has 0 amide bonds. The molecule has 1 unspecified atom stereocenters. The third-order valence-electron chi connectivity index (χ3n) is 2.95. The Morgan fingerprint density at radius 2 is 2.27 bits per heavy atom. The van der Waals surface area contributed by atoms with Crippen LogP contribution in [0.3, 0.4) is 0 Å². The van der Waals surface area contributed by atoms with Gasteiger partial charge in [-0.2, -0.15) is 5.10 Å². The lowest BCUT2D eigenvalue weighted by Crippen LogP contribution is -1.97. The van der Waals surface area contributed by atoms with Crippen LogP contribution in [-0.2, 0) is 0 Å². The molecule has 0 aromatic carbocycles. The molecule has 0 fully saturated rings. The molecule has 0 radical (unpaired) electrons.